The molecule has 2 atom stereocenters. The van der Waals surface area contributed by atoms with Crippen LogP contribution in [0.2, 0.25) is 0 Å². The van der Waals surface area contributed by atoms with Gasteiger partial charge in [-0.1, -0.05) is 0 Å². The summed E-state index contributed by atoms with van der Waals surface area (Å²) in [5.74, 6) is -0.171. The molecule has 1 aliphatic rings. The fourth-order valence-corrected chi connectivity index (χ4v) is 2.43. The molecule has 0 aromatic carbocycles. The molecule has 1 aliphatic heterocycles. The van der Waals surface area contributed by atoms with Crippen molar-refractivity contribution in [1.82, 2.24) is 4.90 Å². The van der Waals surface area contributed by atoms with Gasteiger partial charge in [-0.15, -0.1) is 0 Å². The molecule has 6 nitrogen and oxygen atoms in total. The topological polar surface area (TPSA) is 81.9 Å². The Morgan fingerprint density at radius 1 is 1.38 bits per heavy atom. The predicted molar refractivity (Wildman–Crippen MR) is 79.8 cm³/mol. The lowest BCUT2D eigenvalue weighted by atomic mass is 9.89. The zero-order valence-corrected chi connectivity index (χ0v) is 13.6. The van der Waals surface area contributed by atoms with Crippen molar-refractivity contribution in [2.75, 3.05) is 19.7 Å². The SMILES string of the molecule is CCOC(=O)C[C@H](N)[C@H]1CCCN(C(=O)OC(C)(C)C)C1. The molecular weight excluding hydrogens is 272 g/mol. The third kappa shape index (κ3) is 6.33. The van der Waals surface area contributed by atoms with Crippen LogP contribution in [0.1, 0.15) is 47.0 Å². The van der Waals surface area contributed by atoms with Crippen LogP contribution in [0.4, 0.5) is 4.79 Å². The zero-order chi connectivity index (χ0) is 16.0. The summed E-state index contributed by atoms with van der Waals surface area (Å²) >= 11 is 0. The summed E-state index contributed by atoms with van der Waals surface area (Å²) in [5.41, 5.74) is 5.59. The number of carbonyl (C=O) groups is 2. The molecule has 2 N–H and O–H groups in total. The molecule has 0 spiro atoms. The number of piperidine rings is 1. The van der Waals surface area contributed by atoms with Gasteiger partial charge in [-0.3, -0.25) is 4.79 Å². The predicted octanol–water partition coefficient (Wildman–Crippen LogP) is 1.91. The smallest absolute Gasteiger partial charge is 0.410 e. The molecule has 122 valence electrons. The summed E-state index contributed by atoms with van der Waals surface area (Å²) < 4.78 is 10.3. The maximum atomic E-state index is 12.1. The van der Waals surface area contributed by atoms with Crippen molar-refractivity contribution in [2.24, 2.45) is 11.7 Å². The Kier molecular flexibility index (Phi) is 6.45. The van der Waals surface area contributed by atoms with Crippen LogP contribution in [0.15, 0.2) is 0 Å². The van der Waals surface area contributed by atoms with E-state index >= 15 is 0 Å². The molecule has 0 aromatic rings. The van der Waals surface area contributed by atoms with Crippen LogP contribution in [0.25, 0.3) is 0 Å². The lowest BCUT2D eigenvalue weighted by Crippen LogP contribution is -2.48. The fraction of sp³-hybridized carbons (Fsp3) is 0.867. The van der Waals surface area contributed by atoms with Gasteiger partial charge in [0.15, 0.2) is 0 Å². The molecule has 1 fully saturated rings. The van der Waals surface area contributed by atoms with Crippen LogP contribution < -0.4 is 5.73 Å². The van der Waals surface area contributed by atoms with Gasteiger partial charge in [-0.05, 0) is 46.5 Å². The van der Waals surface area contributed by atoms with Crippen LogP contribution in [0.5, 0.6) is 0 Å². The minimum Gasteiger partial charge on any atom is -0.466 e. The van der Waals surface area contributed by atoms with Crippen molar-refractivity contribution >= 4 is 12.1 Å². The van der Waals surface area contributed by atoms with Gasteiger partial charge in [0.1, 0.15) is 5.60 Å². The molecule has 1 amide bonds. The molecule has 1 saturated heterocycles. The lowest BCUT2D eigenvalue weighted by molar-refractivity contribution is -0.143. The third-order valence-electron chi connectivity index (χ3n) is 3.42. The van der Waals surface area contributed by atoms with Gasteiger partial charge < -0.3 is 20.1 Å². The number of hydrogen-bond donors (Lipinski definition) is 1. The highest BCUT2D eigenvalue weighted by atomic mass is 16.6. The molecular formula is C15H28N2O4. The molecule has 6 heteroatoms. The number of carbonyl (C=O) groups excluding carboxylic acids is 2. The summed E-state index contributed by atoms with van der Waals surface area (Å²) in [6.45, 7) is 8.89. The quantitative estimate of drug-likeness (QED) is 0.802. The van der Waals surface area contributed by atoms with E-state index in [9.17, 15) is 9.59 Å². The van der Waals surface area contributed by atoms with Crippen molar-refractivity contribution in [3.8, 4) is 0 Å². The van der Waals surface area contributed by atoms with Gasteiger partial charge in [-0.25, -0.2) is 4.79 Å². The monoisotopic (exact) mass is 300 g/mol. The second-order valence-electron chi connectivity index (χ2n) is 6.50. The Morgan fingerprint density at radius 3 is 2.62 bits per heavy atom. The maximum Gasteiger partial charge on any atom is 0.410 e. The highest BCUT2D eigenvalue weighted by molar-refractivity contribution is 5.70. The number of rotatable bonds is 4. The normalized spacial score (nSPS) is 20.8. The molecule has 0 saturated carbocycles. The Bertz CT molecular complexity index is 365. The van der Waals surface area contributed by atoms with Crippen molar-refractivity contribution < 1.29 is 19.1 Å². The first kappa shape index (κ1) is 17.8. The number of amides is 1. The van der Waals surface area contributed by atoms with E-state index in [1.165, 1.54) is 0 Å². The number of nitrogens with zero attached hydrogens (tertiary/aromatic N) is 1. The van der Waals surface area contributed by atoms with Crippen LogP contribution >= 0.6 is 0 Å². The van der Waals surface area contributed by atoms with Crippen LogP contribution in [-0.2, 0) is 14.3 Å². The zero-order valence-electron chi connectivity index (χ0n) is 13.6. The van der Waals surface area contributed by atoms with Crippen molar-refractivity contribution in [1.29, 1.82) is 0 Å². The Balaban J connectivity index is 2.51. The standard InChI is InChI=1S/C15H28N2O4/c1-5-20-13(18)9-12(16)11-7-6-8-17(10-11)14(19)21-15(2,3)4/h11-12H,5-10,16H2,1-4H3/t11-,12-/m0/s1. The van der Waals surface area contributed by atoms with Gasteiger partial charge >= 0.3 is 12.1 Å². The van der Waals surface area contributed by atoms with Gasteiger partial charge in [0.2, 0.25) is 0 Å². The van der Waals surface area contributed by atoms with Crippen molar-refractivity contribution in [2.45, 2.75) is 58.6 Å². The Morgan fingerprint density at radius 2 is 2.05 bits per heavy atom. The summed E-state index contributed by atoms with van der Waals surface area (Å²) in [5, 5.41) is 0. The molecule has 0 bridgehead atoms. The second kappa shape index (κ2) is 7.64. The van der Waals surface area contributed by atoms with E-state index in [-0.39, 0.29) is 30.4 Å². The highest BCUT2D eigenvalue weighted by Gasteiger charge is 2.31. The van der Waals surface area contributed by atoms with E-state index in [0.717, 1.165) is 12.8 Å². The van der Waals surface area contributed by atoms with E-state index in [1.54, 1.807) is 11.8 Å². The summed E-state index contributed by atoms with van der Waals surface area (Å²) in [7, 11) is 0. The summed E-state index contributed by atoms with van der Waals surface area (Å²) in [6.07, 6.45) is 1.68. The van der Waals surface area contributed by atoms with E-state index in [1.807, 2.05) is 20.8 Å². The van der Waals surface area contributed by atoms with Gasteiger partial charge in [0.05, 0.1) is 13.0 Å². The van der Waals surface area contributed by atoms with Gasteiger partial charge in [-0.2, -0.15) is 0 Å². The van der Waals surface area contributed by atoms with Crippen LogP contribution in [0.3, 0.4) is 0 Å². The van der Waals surface area contributed by atoms with Crippen molar-refractivity contribution in [3.63, 3.8) is 0 Å². The number of esters is 1. The minimum atomic E-state index is -0.503. The molecule has 0 aliphatic carbocycles. The van der Waals surface area contributed by atoms with Gasteiger partial charge in [0, 0.05) is 19.1 Å². The first-order chi connectivity index (χ1) is 9.73. The molecule has 0 aromatic heterocycles. The first-order valence-corrected chi connectivity index (χ1v) is 7.62. The van der Waals surface area contributed by atoms with Gasteiger partial charge in [0.25, 0.3) is 0 Å². The number of hydrogen-bond acceptors (Lipinski definition) is 5. The average Bonchev–Trinajstić information content (AvgIpc) is 2.37. The second-order valence-corrected chi connectivity index (χ2v) is 6.50. The summed E-state index contributed by atoms with van der Waals surface area (Å²) in [4.78, 5) is 25.3. The highest BCUT2D eigenvalue weighted by Crippen LogP contribution is 2.22. The van der Waals surface area contributed by atoms with Crippen LogP contribution in [0, 0.1) is 5.92 Å². The van der Waals surface area contributed by atoms with E-state index < -0.39 is 5.60 Å². The summed E-state index contributed by atoms with van der Waals surface area (Å²) in [6, 6.07) is -0.283. The number of nitrogens with two attached hydrogens (primary N) is 1. The van der Waals surface area contributed by atoms with Crippen molar-refractivity contribution in [3.05, 3.63) is 0 Å². The largest absolute Gasteiger partial charge is 0.466 e. The molecule has 21 heavy (non-hydrogen) atoms. The Hall–Kier alpha value is -1.30. The third-order valence-corrected chi connectivity index (χ3v) is 3.42. The molecule has 1 heterocycles. The lowest BCUT2D eigenvalue weighted by Gasteiger charge is -2.36. The Labute approximate surface area is 126 Å². The fourth-order valence-electron chi connectivity index (χ4n) is 2.43. The average molecular weight is 300 g/mol. The molecule has 0 unspecified atom stereocenters. The van der Waals surface area contributed by atoms with Crippen LogP contribution in [-0.4, -0.2) is 48.3 Å². The number of ether oxygens (including phenoxy) is 2. The first-order valence-electron chi connectivity index (χ1n) is 7.62. The minimum absolute atomic E-state index is 0.107. The maximum absolute atomic E-state index is 12.1. The number of likely N-dealkylation sites (tertiary alicyclic amines) is 1. The molecule has 1 rings (SSSR count). The van der Waals surface area contributed by atoms with E-state index in [0.29, 0.717) is 19.7 Å². The van der Waals surface area contributed by atoms with E-state index in [4.69, 9.17) is 15.2 Å². The molecule has 0 radical (unpaired) electrons. The van der Waals surface area contributed by atoms with E-state index in [2.05, 4.69) is 0 Å².